The van der Waals surface area contributed by atoms with Crippen LogP contribution in [0.4, 0.5) is 5.69 Å². The lowest BCUT2D eigenvalue weighted by molar-refractivity contribution is 0.473. The van der Waals surface area contributed by atoms with Crippen LogP contribution in [0.3, 0.4) is 0 Å². The highest BCUT2D eigenvalue weighted by atomic mass is 32.1. The first-order valence-corrected chi connectivity index (χ1v) is 6.95. The van der Waals surface area contributed by atoms with Crippen molar-refractivity contribution in [2.75, 3.05) is 18.4 Å². The molecule has 0 radical (unpaired) electrons. The second kappa shape index (κ2) is 6.19. The van der Waals surface area contributed by atoms with Crippen molar-refractivity contribution in [2.45, 2.75) is 40.0 Å². The molecule has 100 valence electrons. The van der Waals surface area contributed by atoms with Crippen molar-refractivity contribution in [1.29, 1.82) is 0 Å². The van der Waals surface area contributed by atoms with E-state index in [4.69, 9.17) is 12.2 Å². The lowest BCUT2D eigenvalue weighted by atomic mass is 9.87. The third kappa shape index (κ3) is 3.98. The molecule has 1 aromatic carbocycles. The maximum absolute atomic E-state index is 5.38. The molecule has 0 saturated carbocycles. The van der Waals surface area contributed by atoms with E-state index < -0.39 is 0 Å². The van der Waals surface area contributed by atoms with Crippen molar-refractivity contribution in [2.24, 2.45) is 0 Å². The second-order valence-electron chi connectivity index (χ2n) is 5.43. The van der Waals surface area contributed by atoms with E-state index in [0.29, 0.717) is 0 Å². The summed E-state index contributed by atoms with van der Waals surface area (Å²) in [5.74, 6) is 0. The average Bonchev–Trinajstić information content (AvgIpc) is 2.30. The standard InChI is InChI=1S/C15H24N2S/c1-6-17(7-2)14(18)16-13-10-8-12(9-11-13)15(3,4)5/h8-11H,6-7H2,1-5H3,(H,16,18). The molecule has 0 unspecified atom stereocenters. The van der Waals surface area contributed by atoms with Gasteiger partial charge in [0.05, 0.1) is 0 Å². The van der Waals surface area contributed by atoms with Gasteiger partial charge in [-0.15, -0.1) is 0 Å². The van der Waals surface area contributed by atoms with E-state index in [-0.39, 0.29) is 5.41 Å². The minimum Gasteiger partial charge on any atom is -0.350 e. The van der Waals surface area contributed by atoms with E-state index in [1.807, 2.05) is 0 Å². The summed E-state index contributed by atoms with van der Waals surface area (Å²) in [6.07, 6.45) is 0. The van der Waals surface area contributed by atoms with Gasteiger partial charge in [-0.1, -0.05) is 32.9 Å². The van der Waals surface area contributed by atoms with Gasteiger partial charge in [0.2, 0.25) is 0 Å². The number of thiocarbonyl (C=S) groups is 1. The number of benzene rings is 1. The average molecular weight is 264 g/mol. The van der Waals surface area contributed by atoms with Crippen molar-refractivity contribution in [3.05, 3.63) is 29.8 Å². The molecule has 1 aromatic rings. The number of nitrogens with zero attached hydrogens (tertiary/aromatic N) is 1. The predicted octanol–water partition coefficient (Wildman–Crippen LogP) is 4.02. The zero-order valence-electron chi connectivity index (χ0n) is 12.1. The fourth-order valence-corrected chi connectivity index (χ4v) is 2.14. The van der Waals surface area contributed by atoms with Crippen molar-refractivity contribution >= 4 is 23.0 Å². The Hall–Kier alpha value is -1.09. The van der Waals surface area contributed by atoms with Crippen LogP contribution in [0.2, 0.25) is 0 Å². The Morgan fingerprint density at radius 3 is 2.00 bits per heavy atom. The van der Waals surface area contributed by atoms with Crippen molar-refractivity contribution in [3.63, 3.8) is 0 Å². The third-order valence-electron chi connectivity index (χ3n) is 3.05. The summed E-state index contributed by atoms with van der Waals surface area (Å²) in [5.41, 5.74) is 2.58. The van der Waals surface area contributed by atoms with E-state index in [1.54, 1.807) is 0 Å². The maximum Gasteiger partial charge on any atom is 0.173 e. The summed E-state index contributed by atoms with van der Waals surface area (Å²) in [7, 11) is 0. The number of rotatable bonds is 3. The highest BCUT2D eigenvalue weighted by molar-refractivity contribution is 7.80. The molecule has 1 rings (SSSR count). The molecular weight excluding hydrogens is 240 g/mol. The molecule has 18 heavy (non-hydrogen) atoms. The molecule has 0 aliphatic heterocycles. The van der Waals surface area contributed by atoms with Crippen LogP contribution >= 0.6 is 12.2 Å². The Labute approximate surface area is 116 Å². The van der Waals surface area contributed by atoms with Gasteiger partial charge in [-0.2, -0.15) is 0 Å². The van der Waals surface area contributed by atoms with Gasteiger partial charge in [0, 0.05) is 18.8 Å². The number of anilines is 1. The molecule has 0 saturated heterocycles. The Balaban J connectivity index is 2.72. The number of hydrogen-bond acceptors (Lipinski definition) is 1. The minimum absolute atomic E-state index is 0.192. The van der Waals surface area contributed by atoms with Crippen molar-refractivity contribution < 1.29 is 0 Å². The number of hydrogen-bond donors (Lipinski definition) is 1. The highest BCUT2D eigenvalue weighted by Gasteiger charge is 2.13. The van der Waals surface area contributed by atoms with E-state index >= 15 is 0 Å². The molecule has 0 amide bonds. The van der Waals surface area contributed by atoms with Crippen LogP contribution in [0.5, 0.6) is 0 Å². The van der Waals surface area contributed by atoms with Gasteiger partial charge in [0.15, 0.2) is 5.11 Å². The summed E-state index contributed by atoms with van der Waals surface area (Å²) >= 11 is 5.38. The van der Waals surface area contributed by atoms with Crippen molar-refractivity contribution in [1.82, 2.24) is 4.90 Å². The first-order valence-electron chi connectivity index (χ1n) is 6.55. The van der Waals surface area contributed by atoms with E-state index in [1.165, 1.54) is 5.56 Å². The molecule has 2 nitrogen and oxygen atoms in total. The van der Waals surface area contributed by atoms with E-state index in [0.717, 1.165) is 23.9 Å². The zero-order chi connectivity index (χ0) is 13.8. The van der Waals surface area contributed by atoms with Crippen molar-refractivity contribution in [3.8, 4) is 0 Å². The Morgan fingerprint density at radius 2 is 1.61 bits per heavy atom. The molecule has 0 atom stereocenters. The van der Waals surface area contributed by atoms with Gasteiger partial charge >= 0.3 is 0 Å². The smallest absolute Gasteiger partial charge is 0.173 e. The van der Waals surface area contributed by atoms with Crippen LogP contribution in [0.25, 0.3) is 0 Å². The Bertz CT molecular complexity index is 386. The molecule has 3 heteroatoms. The fourth-order valence-electron chi connectivity index (χ4n) is 1.77. The lowest BCUT2D eigenvalue weighted by Gasteiger charge is -2.23. The molecule has 0 bridgehead atoms. The summed E-state index contributed by atoms with van der Waals surface area (Å²) in [6.45, 7) is 12.7. The SMILES string of the molecule is CCN(CC)C(=S)Nc1ccc(C(C)(C)C)cc1. The van der Waals surface area contributed by atoms with E-state index in [9.17, 15) is 0 Å². The molecule has 0 aliphatic carbocycles. The quantitative estimate of drug-likeness (QED) is 0.830. The molecule has 0 aliphatic rings. The van der Waals surface area contributed by atoms with Gasteiger partial charge in [-0.05, 0) is 49.2 Å². The normalized spacial score (nSPS) is 11.2. The summed E-state index contributed by atoms with van der Waals surface area (Å²) in [4.78, 5) is 2.13. The first kappa shape index (κ1) is 15.0. The monoisotopic (exact) mass is 264 g/mol. The van der Waals surface area contributed by atoms with Crippen LogP contribution < -0.4 is 5.32 Å². The van der Waals surface area contributed by atoms with Gasteiger partial charge in [-0.25, -0.2) is 0 Å². The van der Waals surface area contributed by atoms with E-state index in [2.05, 4.69) is 69.1 Å². The van der Waals surface area contributed by atoms with Gasteiger partial charge in [0.1, 0.15) is 0 Å². The molecule has 1 N–H and O–H groups in total. The molecule has 0 fully saturated rings. The topological polar surface area (TPSA) is 15.3 Å². The molecule has 0 spiro atoms. The van der Waals surface area contributed by atoms with Crippen LogP contribution in [0.1, 0.15) is 40.2 Å². The Morgan fingerprint density at radius 1 is 1.11 bits per heavy atom. The number of nitrogens with one attached hydrogen (secondary N) is 1. The zero-order valence-corrected chi connectivity index (χ0v) is 12.9. The fraction of sp³-hybridized carbons (Fsp3) is 0.533. The first-order chi connectivity index (χ1) is 8.38. The largest absolute Gasteiger partial charge is 0.350 e. The van der Waals surface area contributed by atoms with Crippen LogP contribution in [0.15, 0.2) is 24.3 Å². The van der Waals surface area contributed by atoms with Gasteiger partial charge in [0.25, 0.3) is 0 Å². The highest BCUT2D eigenvalue weighted by Crippen LogP contribution is 2.23. The minimum atomic E-state index is 0.192. The molecular formula is C15H24N2S. The summed E-state index contributed by atoms with van der Waals surface area (Å²) < 4.78 is 0. The van der Waals surface area contributed by atoms with Gasteiger partial charge < -0.3 is 10.2 Å². The van der Waals surface area contributed by atoms with Crippen LogP contribution in [-0.2, 0) is 5.41 Å². The summed E-state index contributed by atoms with van der Waals surface area (Å²) in [6, 6.07) is 8.51. The summed E-state index contributed by atoms with van der Waals surface area (Å²) in [5, 5.41) is 4.07. The molecule has 0 heterocycles. The molecule has 0 aromatic heterocycles. The predicted molar refractivity (Wildman–Crippen MR) is 84.3 cm³/mol. The maximum atomic E-state index is 5.38. The van der Waals surface area contributed by atoms with Crippen LogP contribution in [-0.4, -0.2) is 23.1 Å². The Kier molecular flexibility index (Phi) is 5.15. The van der Waals surface area contributed by atoms with Gasteiger partial charge in [-0.3, -0.25) is 0 Å². The third-order valence-corrected chi connectivity index (χ3v) is 3.41. The second-order valence-corrected chi connectivity index (χ2v) is 5.82. The lowest BCUT2D eigenvalue weighted by Crippen LogP contribution is -2.34. The van der Waals surface area contributed by atoms with Crippen LogP contribution in [0, 0.1) is 0 Å².